The lowest BCUT2D eigenvalue weighted by Gasteiger charge is -2.01. The van der Waals surface area contributed by atoms with Crippen LogP contribution in [0.25, 0.3) is 11.1 Å². The van der Waals surface area contributed by atoms with Crippen molar-refractivity contribution in [3.8, 4) is 11.1 Å². The van der Waals surface area contributed by atoms with Gasteiger partial charge in [0.15, 0.2) is 0 Å². The minimum atomic E-state index is 0.775. The summed E-state index contributed by atoms with van der Waals surface area (Å²) >= 11 is 3.39. The van der Waals surface area contributed by atoms with Crippen molar-refractivity contribution in [2.75, 3.05) is 5.73 Å². The molecule has 0 unspecified atom stereocenters. The van der Waals surface area contributed by atoms with Crippen LogP contribution >= 0.6 is 15.9 Å². The van der Waals surface area contributed by atoms with Crippen LogP contribution in [0.1, 0.15) is 13.8 Å². The Morgan fingerprint density at radius 1 is 1.00 bits per heavy atom. The molecule has 0 spiro atoms. The van der Waals surface area contributed by atoms with E-state index in [-0.39, 0.29) is 0 Å². The lowest BCUT2D eigenvalue weighted by atomic mass is 10.1. The number of nitrogens with two attached hydrogens (primary N) is 1. The molecule has 16 heavy (non-hydrogen) atoms. The number of anilines is 1. The fourth-order valence-corrected chi connectivity index (χ4v) is 1.61. The van der Waals surface area contributed by atoms with Crippen molar-refractivity contribution in [3.63, 3.8) is 0 Å². The van der Waals surface area contributed by atoms with Gasteiger partial charge in [-0.1, -0.05) is 26.0 Å². The summed E-state index contributed by atoms with van der Waals surface area (Å²) in [6.45, 7) is 4.00. The first-order valence-corrected chi connectivity index (χ1v) is 6.01. The van der Waals surface area contributed by atoms with Crippen molar-refractivity contribution < 1.29 is 0 Å². The number of nitrogen functional groups attached to an aromatic ring is 1. The van der Waals surface area contributed by atoms with Crippen LogP contribution in [0.4, 0.5) is 5.69 Å². The molecule has 2 N–H and O–H groups in total. The molecule has 0 aliphatic rings. The van der Waals surface area contributed by atoms with Gasteiger partial charge in [0.25, 0.3) is 0 Å². The van der Waals surface area contributed by atoms with E-state index in [1.54, 1.807) is 6.20 Å². The molecule has 0 aliphatic heterocycles. The van der Waals surface area contributed by atoms with Crippen LogP contribution in [0, 0.1) is 0 Å². The molecule has 2 nitrogen and oxygen atoms in total. The van der Waals surface area contributed by atoms with Gasteiger partial charge in [-0.2, -0.15) is 0 Å². The molecule has 0 saturated carbocycles. The monoisotopic (exact) mass is 278 g/mol. The molecule has 1 aromatic heterocycles. The van der Waals surface area contributed by atoms with Crippen molar-refractivity contribution in [3.05, 3.63) is 47.2 Å². The smallest absolute Gasteiger partial charge is 0.0410 e. The third-order valence-corrected chi connectivity index (χ3v) is 2.38. The zero-order valence-corrected chi connectivity index (χ0v) is 11.0. The van der Waals surface area contributed by atoms with Crippen LogP contribution in [-0.2, 0) is 0 Å². The topological polar surface area (TPSA) is 38.9 Å². The van der Waals surface area contributed by atoms with Crippen LogP contribution in [0.15, 0.2) is 47.2 Å². The van der Waals surface area contributed by atoms with Crippen LogP contribution < -0.4 is 5.73 Å². The zero-order chi connectivity index (χ0) is 12.0. The van der Waals surface area contributed by atoms with Gasteiger partial charge in [-0.25, -0.2) is 0 Å². The standard InChI is InChI=1S/C11H9BrN2.C2H6/c12-10-5-9(6-14-7-10)8-1-3-11(13)4-2-8;1-2/h1-7H,13H2;1-2H3. The third kappa shape index (κ3) is 3.35. The summed E-state index contributed by atoms with van der Waals surface area (Å²) in [7, 11) is 0. The van der Waals surface area contributed by atoms with Crippen LogP contribution in [0.5, 0.6) is 0 Å². The molecule has 2 aromatic rings. The van der Waals surface area contributed by atoms with E-state index < -0.39 is 0 Å². The molecule has 3 heteroatoms. The van der Waals surface area contributed by atoms with Crippen LogP contribution in [-0.4, -0.2) is 4.98 Å². The minimum Gasteiger partial charge on any atom is -0.399 e. The summed E-state index contributed by atoms with van der Waals surface area (Å²) < 4.78 is 0.979. The van der Waals surface area contributed by atoms with Gasteiger partial charge in [-0.3, -0.25) is 4.98 Å². The molecular weight excluding hydrogens is 264 g/mol. The summed E-state index contributed by atoms with van der Waals surface area (Å²) in [6, 6.07) is 9.77. The van der Waals surface area contributed by atoms with Crippen LogP contribution in [0.3, 0.4) is 0 Å². The second kappa shape index (κ2) is 6.28. The van der Waals surface area contributed by atoms with Crippen molar-refractivity contribution in [2.24, 2.45) is 0 Å². The quantitative estimate of drug-likeness (QED) is 0.797. The molecule has 2 rings (SSSR count). The van der Waals surface area contributed by atoms with E-state index in [1.165, 1.54) is 0 Å². The lowest BCUT2D eigenvalue weighted by molar-refractivity contribution is 1.31. The Morgan fingerprint density at radius 3 is 2.19 bits per heavy atom. The molecular formula is C13H15BrN2. The van der Waals surface area contributed by atoms with E-state index in [0.717, 1.165) is 21.3 Å². The van der Waals surface area contributed by atoms with Gasteiger partial charge in [-0.15, -0.1) is 0 Å². The van der Waals surface area contributed by atoms with Crippen molar-refractivity contribution in [1.82, 2.24) is 4.98 Å². The molecule has 0 fully saturated rings. The molecule has 0 amide bonds. The first-order valence-electron chi connectivity index (χ1n) is 5.22. The van der Waals surface area contributed by atoms with Crippen LogP contribution in [0.2, 0.25) is 0 Å². The van der Waals surface area contributed by atoms with Gasteiger partial charge in [0.1, 0.15) is 0 Å². The number of pyridine rings is 1. The highest BCUT2D eigenvalue weighted by Gasteiger charge is 1.97. The molecule has 0 bridgehead atoms. The maximum atomic E-state index is 5.61. The first-order chi connectivity index (χ1) is 7.75. The number of hydrogen-bond donors (Lipinski definition) is 1. The summed E-state index contributed by atoms with van der Waals surface area (Å²) in [5, 5.41) is 0. The zero-order valence-electron chi connectivity index (χ0n) is 9.44. The Kier molecular flexibility index (Phi) is 4.99. The van der Waals surface area contributed by atoms with Gasteiger partial charge < -0.3 is 5.73 Å². The second-order valence-electron chi connectivity index (χ2n) is 3.01. The van der Waals surface area contributed by atoms with E-state index in [4.69, 9.17) is 5.73 Å². The fourth-order valence-electron chi connectivity index (χ4n) is 1.25. The lowest BCUT2D eigenvalue weighted by Crippen LogP contribution is -1.84. The number of nitrogens with zero attached hydrogens (tertiary/aromatic N) is 1. The second-order valence-corrected chi connectivity index (χ2v) is 3.93. The Hall–Kier alpha value is -1.35. The summed E-state index contributed by atoms with van der Waals surface area (Å²) in [5.41, 5.74) is 8.59. The van der Waals surface area contributed by atoms with Crippen molar-refractivity contribution in [2.45, 2.75) is 13.8 Å². The van der Waals surface area contributed by atoms with Gasteiger partial charge >= 0.3 is 0 Å². The fraction of sp³-hybridized carbons (Fsp3) is 0.154. The van der Waals surface area contributed by atoms with Gasteiger partial charge in [0.2, 0.25) is 0 Å². The maximum Gasteiger partial charge on any atom is 0.0410 e. The molecule has 1 heterocycles. The molecule has 0 atom stereocenters. The van der Waals surface area contributed by atoms with Gasteiger partial charge in [0.05, 0.1) is 0 Å². The highest BCUT2D eigenvalue weighted by Crippen LogP contribution is 2.22. The highest BCUT2D eigenvalue weighted by atomic mass is 79.9. The third-order valence-electron chi connectivity index (χ3n) is 1.95. The summed E-state index contributed by atoms with van der Waals surface area (Å²) in [4.78, 5) is 4.10. The Bertz CT molecular complexity index is 438. The first kappa shape index (κ1) is 12.7. The summed E-state index contributed by atoms with van der Waals surface area (Å²) in [6.07, 6.45) is 3.59. The van der Waals surface area contributed by atoms with E-state index in [9.17, 15) is 0 Å². The Balaban J connectivity index is 0.000000606. The molecule has 84 valence electrons. The van der Waals surface area contributed by atoms with Gasteiger partial charge in [-0.05, 0) is 39.7 Å². The largest absolute Gasteiger partial charge is 0.399 e. The number of halogens is 1. The SMILES string of the molecule is CC.Nc1ccc(-c2cncc(Br)c2)cc1. The highest BCUT2D eigenvalue weighted by molar-refractivity contribution is 9.10. The Morgan fingerprint density at radius 2 is 1.62 bits per heavy atom. The number of rotatable bonds is 1. The maximum absolute atomic E-state index is 5.61. The molecule has 0 saturated heterocycles. The molecule has 0 radical (unpaired) electrons. The predicted molar refractivity (Wildman–Crippen MR) is 73.1 cm³/mol. The Labute approximate surface area is 105 Å². The summed E-state index contributed by atoms with van der Waals surface area (Å²) in [5.74, 6) is 0. The van der Waals surface area contributed by atoms with E-state index in [1.807, 2.05) is 50.4 Å². The van der Waals surface area contributed by atoms with E-state index >= 15 is 0 Å². The number of hydrogen-bond acceptors (Lipinski definition) is 2. The minimum absolute atomic E-state index is 0.775. The molecule has 0 aliphatic carbocycles. The molecule has 1 aromatic carbocycles. The number of aromatic nitrogens is 1. The van der Waals surface area contributed by atoms with Crippen molar-refractivity contribution >= 4 is 21.6 Å². The van der Waals surface area contributed by atoms with E-state index in [2.05, 4.69) is 20.9 Å². The van der Waals surface area contributed by atoms with Crippen molar-refractivity contribution in [1.29, 1.82) is 0 Å². The average molecular weight is 279 g/mol. The average Bonchev–Trinajstić information content (AvgIpc) is 2.32. The normalized spacial score (nSPS) is 9.19. The van der Waals surface area contributed by atoms with Gasteiger partial charge in [0, 0.05) is 28.1 Å². The predicted octanol–water partition coefficient (Wildman–Crippen LogP) is 4.12. The van der Waals surface area contributed by atoms with E-state index in [0.29, 0.717) is 0 Å². The number of benzene rings is 1.